The van der Waals surface area contributed by atoms with Crippen molar-refractivity contribution in [3.63, 3.8) is 0 Å². The summed E-state index contributed by atoms with van der Waals surface area (Å²) < 4.78 is 5.65. The number of hydrogen-bond acceptors (Lipinski definition) is 4. The van der Waals surface area contributed by atoms with Gasteiger partial charge >= 0.3 is 0 Å². The van der Waals surface area contributed by atoms with Crippen molar-refractivity contribution < 1.29 is 9.53 Å². The molecule has 0 saturated carbocycles. The van der Waals surface area contributed by atoms with E-state index in [2.05, 4.69) is 5.38 Å². The molecule has 1 aliphatic rings. The second kappa shape index (κ2) is 4.95. The highest BCUT2D eigenvalue weighted by atomic mass is 32.1. The number of ether oxygens (including phenoxy) is 1. The number of carbonyl (C=O) groups is 1. The third kappa shape index (κ3) is 2.42. The Kier molecular flexibility index (Phi) is 3.58. The van der Waals surface area contributed by atoms with E-state index in [1.54, 1.807) is 23.2 Å². The van der Waals surface area contributed by atoms with Crippen LogP contribution in [0.2, 0.25) is 0 Å². The van der Waals surface area contributed by atoms with E-state index in [0.717, 1.165) is 5.56 Å². The van der Waals surface area contributed by atoms with Gasteiger partial charge in [0.15, 0.2) is 0 Å². The highest BCUT2D eigenvalue weighted by Crippen LogP contribution is 2.24. The summed E-state index contributed by atoms with van der Waals surface area (Å²) in [5, 5.41) is 4.08. The molecule has 1 aromatic heterocycles. The predicted molar refractivity (Wildman–Crippen MR) is 63.2 cm³/mol. The number of thiophene rings is 1. The maximum atomic E-state index is 11.8. The molecule has 1 fully saturated rings. The molecule has 0 bridgehead atoms. The van der Waals surface area contributed by atoms with Crippen LogP contribution >= 0.6 is 11.3 Å². The summed E-state index contributed by atoms with van der Waals surface area (Å²) in [6, 6.07) is 1.61. The highest BCUT2D eigenvalue weighted by molar-refractivity contribution is 7.07. The van der Waals surface area contributed by atoms with Crippen LogP contribution in [-0.2, 0) is 9.53 Å². The van der Waals surface area contributed by atoms with E-state index >= 15 is 0 Å². The first-order chi connectivity index (χ1) is 7.68. The quantitative estimate of drug-likeness (QED) is 0.839. The fourth-order valence-electron chi connectivity index (χ4n) is 1.80. The van der Waals surface area contributed by atoms with Gasteiger partial charge in [-0.05, 0) is 29.3 Å². The van der Waals surface area contributed by atoms with Gasteiger partial charge in [0.1, 0.15) is 6.10 Å². The number of carbonyl (C=O) groups excluding carboxylic acids is 1. The molecule has 2 atom stereocenters. The van der Waals surface area contributed by atoms with Crippen molar-refractivity contribution in [3.8, 4) is 0 Å². The van der Waals surface area contributed by atoms with E-state index in [1.165, 1.54) is 0 Å². The lowest BCUT2D eigenvalue weighted by molar-refractivity contribution is -0.140. The zero-order valence-corrected chi connectivity index (χ0v) is 10.1. The van der Waals surface area contributed by atoms with Crippen LogP contribution in [0.15, 0.2) is 16.8 Å². The monoisotopic (exact) mass is 240 g/mol. The molecule has 0 radical (unpaired) electrons. The smallest absolute Gasteiger partial charge is 0.239 e. The zero-order valence-electron chi connectivity index (χ0n) is 9.26. The standard InChI is InChI=1S/C11H16N2O2S/c1-8(12)11(14)13-3-4-15-10(6-13)9-2-5-16-7-9/h2,5,7-8,10H,3-4,6,12H2,1H3/t8-,10?/m0/s1. The summed E-state index contributed by atoms with van der Waals surface area (Å²) in [5.74, 6) is 0.00327. The number of nitrogens with zero attached hydrogens (tertiary/aromatic N) is 1. The van der Waals surface area contributed by atoms with Gasteiger partial charge in [0.25, 0.3) is 0 Å². The molecule has 1 saturated heterocycles. The summed E-state index contributed by atoms with van der Waals surface area (Å²) in [6.07, 6.45) is 0.00250. The number of amides is 1. The maximum absolute atomic E-state index is 11.8. The van der Waals surface area contributed by atoms with E-state index in [4.69, 9.17) is 10.5 Å². The first-order valence-corrected chi connectivity index (χ1v) is 6.31. The fourth-order valence-corrected chi connectivity index (χ4v) is 2.50. The number of hydrogen-bond donors (Lipinski definition) is 1. The molecule has 5 heteroatoms. The molecule has 0 spiro atoms. The second-order valence-electron chi connectivity index (χ2n) is 3.99. The fraction of sp³-hybridized carbons (Fsp3) is 0.545. The number of rotatable bonds is 2. The number of nitrogens with two attached hydrogens (primary N) is 1. The van der Waals surface area contributed by atoms with E-state index in [0.29, 0.717) is 19.7 Å². The molecule has 16 heavy (non-hydrogen) atoms. The average Bonchev–Trinajstić information content (AvgIpc) is 2.81. The largest absolute Gasteiger partial charge is 0.370 e. The Balaban J connectivity index is 2.02. The van der Waals surface area contributed by atoms with E-state index in [9.17, 15) is 4.79 Å². The maximum Gasteiger partial charge on any atom is 0.239 e. The first-order valence-electron chi connectivity index (χ1n) is 5.36. The van der Waals surface area contributed by atoms with Crippen molar-refractivity contribution in [1.29, 1.82) is 0 Å². The van der Waals surface area contributed by atoms with Gasteiger partial charge in [-0.1, -0.05) is 0 Å². The normalized spacial score (nSPS) is 23.1. The molecule has 0 aliphatic carbocycles. The Labute approximate surface area is 99.0 Å². The minimum atomic E-state index is -0.429. The lowest BCUT2D eigenvalue weighted by Crippen LogP contribution is -2.48. The van der Waals surface area contributed by atoms with Gasteiger partial charge in [-0.2, -0.15) is 11.3 Å². The van der Waals surface area contributed by atoms with Gasteiger partial charge in [0, 0.05) is 6.54 Å². The van der Waals surface area contributed by atoms with Crippen LogP contribution in [0.3, 0.4) is 0 Å². The topological polar surface area (TPSA) is 55.6 Å². The molecular weight excluding hydrogens is 224 g/mol. The second-order valence-corrected chi connectivity index (χ2v) is 4.77. The van der Waals surface area contributed by atoms with Gasteiger partial charge in [-0.25, -0.2) is 0 Å². The molecule has 0 aromatic carbocycles. The third-order valence-electron chi connectivity index (χ3n) is 2.68. The van der Waals surface area contributed by atoms with E-state index in [1.807, 2.05) is 11.4 Å². The molecular formula is C11H16N2O2S. The van der Waals surface area contributed by atoms with Gasteiger partial charge in [-0.3, -0.25) is 4.79 Å². The van der Waals surface area contributed by atoms with Crippen molar-refractivity contribution in [3.05, 3.63) is 22.4 Å². The van der Waals surface area contributed by atoms with Crippen LogP contribution in [0.4, 0.5) is 0 Å². The molecule has 2 rings (SSSR count). The Morgan fingerprint density at radius 2 is 2.56 bits per heavy atom. The Bertz CT molecular complexity index is 351. The van der Waals surface area contributed by atoms with Crippen molar-refractivity contribution in [2.75, 3.05) is 19.7 Å². The van der Waals surface area contributed by atoms with Gasteiger partial charge in [-0.15, -0.1) is 0 Å². The predicted octanol–water partition coefficient (Wildman–Crippen LogP) is 0.995. The summed E-state index contributed by atoms with van der Waals surface area (Å²) in [4.78, 5) is 13.5. The molecule has 1 amide bonds. The van der Waals surface area contributed by atoms with E-state index < -0.39 is 6.04 Å². The summed E-state index contributed by atoms with van der Waals surface area (Å²) in [5.41, 5.74) is 6.75. The Morgan fingerprint density at radius 3 is 3.19 bits per heavy atom. The van der Waals surface area contributed by atoms with Crippen molar-refractivity contribution in [2.24, 2.45) is 5.73 Å². The van der Waals surface area contributed by atoms with Gasteiger partial charge < -0.3 is 15.4 Å². The lowest BCUT2D eigenvalue weighted by atomic mass is 10.1. The SMILES string of the molecule is C[C@H](N)C(=O)N1CCOC(c2ccsc2)C1. The molecule has 1 aliphatic heterocycles. The van der Waals surface area contributed by atoms with E-state index in [-0.39, 0.29) is 12.0 Å². The third-order valence-corrected chi connectivity index (χ3v) is 3.38. The van der Waals surface area contributed by atoms with Crippen molar-refractivity contribution in [1.82, 2.24) is 4.90 Å². The van der Waals surface area contributed by atoms with Crippen LogP contribution in [0.25, 0.3) is 0 Å². The molecule has 4 nitrogen and oxygen atoms in total. The first kappa shape index (κ1) is 11.6. The Hall–Kier alpha value is -0.910. The van der Waals surface area contributed by atoms with Crippen LogP contribution in [0.5, 0.6) is 0 Å². The van der Waals surface area contributed by atoms with Crippen LogP contribution in [0, 0.1) is 0 Å². The summed E-state index contributed by atoms with van der Waals surface area (Å²) in [6.45, 7) is 3.55. The van der Waals surface area contributed by atoms with Crippen LogP contribution in [0.1, 0.15) is 18.6 Å². The lowest BCUT2D eigenvalue weighted by Gasteiger charge is -2.33. The van der Waals surface area contributed by atoms with Gasteiger partial charge in [0.2, 0.25) is 5.91 Å². The minimum Gasteiger partial charge on any atom is -0.370 e. The number of morpholine rings is 1. The molecule has 2 N–H and O–H groups in total. The summed E-state index contributed by atoms with van der Waals surface area (Å²) >= 11 is 1.64. The molecule has 2 heterocycles. The van der Waals surface area contributed by atoms with Gasteiger partial charge in [0.05, 0.1) is 19.2 Å². The zero-order chi connectivity index (χ0) is 11.5. The molecule has 1 aromatic rings. The highest BCUT2D eigenvalue weighted by Gasteiger charge is 2.26. The Morgan fingerprint density at radius 1 is 1.75 bits per heavy atom. The van der Waals surface area contributed by atoms with Crippen LogP contribution in [-0.4, -0.2) is 36.5 Å². The van der Waals surface area contributed by atoms with Crippen molar-refractivity contribution >= 4 is 17.2 Å². The minimum absolute atomic E-state index is 0.00250. The van der Waals surface area contributed by atoms with Crippen molar-refractivity contribution in [2.45, 2.75) is 19.1 Å². The summed E-state index contributed by atoms with van der Waals surface area (Å²) in [7, 11) is 0. The molecule has 1 unspecified atom stereocenters. The molecule has 88 valence electrons. The van der Waals surface area contributed by atoms with Crippen LogP contribution < -0.4 is 5.73 Å². The average molecular weight is 240 g/mol.